The van der Waals surface area contributed by atoms with Gasteiger partial charge in [0.05, 0.1) is 19.4 Å². The first kappa shape index (κ1) is 41.5. The molecule has 0 N–H and O–H groups in total. The van der Waals surface area contributed by atoms with E-state index in [0.717, 1.165) is 11.3 Å². The van der Waals surface area contributed by atoms with Crippen LogP contribution in [0.15, 0.2) is 54.6 Å². The Kier molecular flexibility index (Phi) is 13.1. The summed E-state index contributed by atoms with van der Waals surface area (Å²) in [6, 6.07) is 11.0. The topological polar surface area (TPSA) is 119 Å². The van der Waals surface area contributed by atoms with Gasteiger partial charge in [-0.15, -0.1) is 0 Å². The van der Waals surface area contributed by atoms with Crippen LogP contribution in [0.25, 0.3) is 6.08 Å². The summed E-state index contributed by atoms with van der Waals surface area (Å²) < 4.78 is 41.7. The van der Waals surface area contributed by atoms with Crippen molar-refractivity contribution in [2.75, 3.05) is 18.6 Å². The van der Waals surface area contributed by atoms with E-state index >= 15 is 0 Å². The number of fused-ring (bicyclic) bond motifs is 2. The normalized spacial score (nSPS) is 23.0. The molecule has 12 heteroatoms. The van der Waals surface area contributed by atoms with Crippen molar-refractivity contribution < 1.29 is 47.2 Å². The molecule has 290 valence electrons. The van der Waals surface area contributed by atoms with Crippen LogP contribution in [0.5, 0.6) is 11.5 Å². The monoisotopic (exact) mass is 751 g/mol. The molecule has 1 amide bonds. The number of carbonyl (C=O) groups is 3. The van der Waals surface area contributed by atoms with E-state index in [1.165, 1.54) is 4.90 Å². The highest BCUT2D eigenvalue weighted by atomic mass is 28.4. The predicted octanol–water partition coefficient (Wildman–Crippen LogP) is 9.48. The summed E-state index contributed by atoms with van der Waals surface area (Å²) >= 11 is 0. The smallest absolute Gasteiger partial charge is 0.509 e. The van der Waals surface area contributed by atoms with Gasteiger partial charge in [0.1, 0.15) is 41.0 Å². The second-order valence-electron chi connectivity index (χ2n) is 16.1. The number of rotatable bonds is 8. The van der Waals surface area contributed by atoms with Gasteiger partial charge in [-0.05, 0) is 82.1 Å². The lowest BCUT2D eigenvalue weighted by atomic mass is 9.98. The number of ether oxygens (including phenoxy) is 6. The van der Waals surface area contributed by atoms with Crippen LogP contribution in [0.4, 0.5) is 15.3 Å². The van der Waals surface area contributed by atoms with E-state index in [0.29, 0.717) is 23.5 Å². The number of benzene rings is 2. The van der Waals surface area contributed by atoms with Crippen LogP contribution < -0.4 is 14.1 Å². The third-order valence-electron chi connectivity index (χ3n) is 9.81. The Balaban J connectivity index is 1.82. The van der Waals surface area contributed by atoms with Gasteiger partial charge in [-0.1, -0.05) is 64.1 Å². The van der Waals surface area contributed by atoms with Gasteiger partial charge in [0, 0.05) is 24.9 Å². The van der Waals surface area contributed by atoms with Crippen molar-refractivity contribution in [2.24, 2.45) is 5.92 Å². The Morgan fingerprint density at radius 3 is 2.25 bits per heavy atom. The Morgan fingerprint density at radius 2 is 1.64 bits per heavy atom. The highest BCUT2D eigenvalue weighted by molar-refractivity contribution is 6.74. The SMILES string of the molecule is CCN(C(=O)OC(C)(C)C)c1cc2c(c(O[Si](C)(C)C(C)(C)C)c1)C(=O)O[C@@H](C)[C@H](C)/C=C\[C@@H](OCc1ccc(OC)cc1)[C@H]1OC(=O)O[C@H]1CC=C2. The molecule has 0 spiro atoms. The zero-order valence-corrected chi connectivity index (χ0v) is 34.3. The number of hydrogen-bond donors (Lipinski definition) is 0. The summed E-state index contributed by atoms with van der Waals surface area (Å²) in [6.07, 6.45) is 3.61. The zero-order valence-electron chi connectivity index (χ0n) is 33.3. The maximum Gasteiger partial charge on any atom is 0.509 e. The Bertz CT molecular complexity index is 1670. The minimum Gasteiger partial charge on any atom is -0.543 e. The number of nitrogens with zero attached hydrogens (tertiary/aromatic N) is 1. The van der Waals surface area contributed by atoms with Crippen molar-refractivity contribution >= 4 is 38.3 Å². The summed E-state index contributed by atoms with van der Waals surface area (Å²) in [4.78, 5) is 41.8. The molecule has 2 aliphatic heterocycles. The highest BCUT2D eigenvalue weighted by Gasteiger charge is 2.42. The van der Waals surface area contributed by atoms with E-state index in [9.17, 15) is 14.4 Å². The van der Waals surface area contributed by atoms with E-state index in [4.69, 9.17) is 32.8 Å². The number of amides is 1. The second kappa shape index (κ2) is 16.8. The van der Waals surface area contributed by atoms with Crippen molar-refractivity contribution in [2.45, 2.75) is 123 Å². The van der Waals surface area contributed by atoms with Gasteiger partial charge >= 0.3 is 18.2 Å². The number of hydrogen-bond acceptors (Lipinski definition) is 10. The molecule has 4 rings (SSSR count). The fourth-order valence-corrected chi connectivity index (χ4v) is 6.53. The van der Waals surface area contributed by atoms with Crippen molar-refractivity contribution in [3.05, 3.63) is 71.3 Å². The van der Waals surface area contributed by atoms with Gasteiger partial charge in [0.25, 0.3) is 8.32 Å². The molecular formula is C41H57NO10Si. The summed E-state index contributed by atoms with van der Waals surface area (Å²) in [5, 5.41) is -0.202. The van der Waals surface area contributed by atoms with Crippen LogP contribution in [0, 0.1) is 5.92 Å². The molecule has 2 aromatic rings. The van der Waals surface area contributed by atoms with E-state index < -0.39 is 56.6 Å². The summed E-state index contributed by atoms with van der Waals surface area (Å²) in [5.41, 5.74) is 1.40. The molecule has 2 aliphatic rings. The quantitative estimate of drug-likeness (QED) is 0.112. The fraction of sp³-hybridized carbons (Fsp3) is 0.537. The molecule has 0 aromatic heterocycles. The average molecular weight is 752 g/mol. The lowest BCUT2D eigenvalue weighted by molar-refractivity contribution is -0.0216. The summed E-state index contributed by atoms with van der Waals surface area (Å²) in [5.74, 6) is 0.240. The van der Waals surface area contributed by atoms with Gasteiger partial charge in [-0.3, -0.25) is 4.90 Å². The molecule has 0 unspecified atom stereocenters. The first-order valence-corrected chi connectivity index (χ1v) is 21.2. The van der Waals surface area contributed by atoms with Crippen LogP contribution in [0.1, 0.15) is 90.2 Å². The first-order chi connectivity index (χ1) is 24.7. The van der Waals surface area contributed by atoms with Gasteiger partial charge in [-0.25, -0.2) is 14.4 Å². The van der Waals surface area contributed by atoms with Gasteiger partial charge < -0.3 is 32.8 Å². The Morgan fingerprint density at radius 1 is 0.962 bits per heavy atom. The standard InChI is InChI=1S/C41H57NO10Si/c1-13-42(38(44)51-40(4,5)6)30-23-29-15-14-16-33-36(50-39(45)49-33)32(47-25-28-18-20-31(46-10)21-19-28)22-17-26(2)27(3)48-37(43)35(29)34(24-30)52-53(11,12)41(7,8)9/h14-15,17-24,26-27,32-33,36H,13,16,25H2,1-12H3/b15-14?,22-17-/t26-,27+,32-,33+,36-/m1/s1. The molecule has 11 nitrogen and oxygen atoms in total. The van der Waals surface area contributed by atoms with Crippen molar-refractivity contribution in [3.63, 3.8) is 0 Å². The van der Waals surface area contributed by atoms with Crippen LogP contribution >= 0.6 is 0 Å². The lowest BCUT2D eigenvalue weighted by Gasteiger charge is -2.37. The van der Waals surface area contributed by atoms with Gasteiger partial charge in [-0.2, -0.15) is 0 Å². The van der Waals surface area contributed by atoms with Crippen molar-refractivity contribution in [3.8, 4) is 11.5 Å². The number of esters is 1. The minimum atomic E-state index is -2.53. The molecule has 0 saturated carbocycles. The van der Waals surface area contributed by atoms with Crippen LogP contribution in [-0.4, -0.2) is 70.2 Å². The maximum atomic E-state index is 14.3. The zero-order chi connectivity index (χ0) is 39.3. The highest BCUT2D eigenvalue weighted by Crippen LogP contribution is 2.41. The lowest BCUT2D eigenvalue weighted by Crippen LogP contribution is -2.44. The predicted molar refractivity (Wildman–Crippen MR) is 207 cm³/mol. The molecule has 53 heavy (non-hydrogen) atoms. The Hall–Kier alpha value is -4.29. The first-order valence-electron chi connectivity index (χ1n) is 18.3. The molecule has 1 saturated heterocycles. The third-order valence-corrected chi connectivity index (χ3v) is 14.2. The molecule has 2 heterocycles. The molecule has 0 bridgehead atoms. The van der Waals surface area contributed by atoms with Crippen LogP contribution in [0.2, 0.25) is 18.1 Å². The van der Waals surface area contributed by atoms with Gasteiger partial charge in [0.2, 0.25) is 0 Å². The minimum absolute atomic E-state index is 0.202. The van der Waals surface area contributed by atoms with Crippen LogP contribution in [-0.2, 0) is 30.3 Å². The summed E-state index contributed by atoms with van der Waals surface area (Å²) in [7, 11) is -0.917. The number of cyclic esters (lactones) is 1. The maximum absolute atomic E-state index is 14.3. The number of methoxy groups -OCH3 is 1. The van der Waals surface area contributed by atoms with E-state index in [1.54, 1.807) is 25.3 Å². The third kappa shape index (κ3) is 10.7. The van der Waals surface area contributed by atoms with E-state index in [1.807, 2.05) is 84.0 Å². The molecular weight excluding hydrogens is 695 g/mol. The van der Waals surface area contributed by atoms with Crippen LogP contribution in [0.3, 0.4) is 0 Å². The van der Waals surface area contributed by atoms with Crippen molar-refractivity contribution in [1.29, 1.82) is 0 Å². The largest absolute Gasteiger partial charge is 0.543 e. The Labute approximate surface area is 315 Å². The van der Waals surface area contributed by atoms with E-state index in [2.05, 4.69) is 33.9 Å². The molecule has 2 aromatic carbocycles. The molecule has 1 fully saturated rings. The molecule has 0 aliphatic carbocycles. The summed E-state index contributed by atoms with van der Waals surface area (Å²) in [6.45, 7) is 22.1. The average Bonchev–Trinajstić information content (AvgIpc) is 3.42. The molecule has 0 radical (unpaired) electrons. The van der Waals surface area contributed by atoms with E-state index in [-0.39, 0.29) is 29.5 Å². The second-order valence-corrected chi connectivity index (χ2v) is 20.8. The number of anilines is 1. The molecule has 5 atom stereocenters. The van der Waals surface area contributed by atoms with Gasteiger partial charge in [0.15, 0.2) is 6.10 Å². The number of carbonyl (C=O) groups excluding carboxylic acids is 3. The fourth-order valence-electron chi connectivity index (χ4n) is 5.52. The van der Waals surface area contributed by atoms with Crippen molar-refractivity contribution in [1.82, 2.24) is 0 Å².